The molecule has 2 rings (SSSR count). The lowest BCUT2D eigenvalue weighted by atomic mass is 9.93. The highest BCUT2D eigenvalue weighted by Crippen LogP contribution is 2.58. The monoisotopic (exact) mass is 423 g/mol. The number of hydrogen-bond donors (Lipinski definition) is 0. The number of carbonyl (C=O) groups excluding carboxylic acids is 2. The molecule has 0 radical (unpaired) electrons. The van der Waals surface area contributed by atoms with Gasteiger partial charge in [-0.15, -0.1) is 6.58 Å². The van der Waals surface area contributed by atoms with E-state index in [4.69, 9.17) is 9.47 Å². The first-order valence-corrected chi connectivity index (χ1v) is 9.47. The van der Waals surface area contributed by atoms with E-state index in [2.05, 4.69) is 22.5 Å². The molecule has 142 valence electrons. The molecule has 6 heteroatoms. The number of hydrogen-bond acceptors (Lipinski definition) is 4. The molecule has 1 aromatic rings. The summed E-state index contributed by atoms with van der Waals surface area (Å²) in [6.45, 7) is 11.6. The first-order valence-electron chi connectivity index (χ1n) is 8.67. The van der Waals surface area contributed by atoms with Crippen LogP contribution in [0.15, 0.2) is 41.4 Å². The lowest BCUT2D eigenvalue weighted by molar-refractivity contribution is -0.144. The van der Waals surface area contributed by atoms with Crippen LogP contribution in [-0.2, 0) is 19.7 Å². The zero-order valence-electron chi connectivity index (χ0n) is 15.9. The maximum Gasteiger partial charge on any atom is 0.410 e. The van der Waals surface area contributed by atoms with Gasteiger partial charge in [-0.25, -0.2) is 4.79 Å². The van der Waals surface area contributed by atoms with Gasteiger partial charge in [0.25, 0.3) is 0 Å². The second-order valence-electron chi connectivity index (χ2n) is 7.03. The predicted molar refractivity (Wildman–Crippen MR) is 104 cm³/mol. The number of rotatable bonds is 6. The minimum atomic E-state index is -1.05. The summed E-state index contributed by atoms with van der Waals surface area (Å²) in [4.78, 5) is 27.1. The Bertz CT molecular complexity index is 678. The summed E-state index contributed by atoms with van der Waals surface area (Å²) in [5, 5.41) is 0. The molecule has 26 heavy (non-hydrogen) atoms. The van der Waals surface area contributed by atoms with Gasteiger partial charge in [-0.3, -0.25) is 4.79 Å². The fraction of sp³-hybridized carbons (Fsp3) is 0.500. The minimum Gasteiger partial charge on any atom is -0.468 e. The van der Waals surface area contributed by atoms with E-state index in [1.165, 1.54) is 7.11 Å². The molecule has 5 nitrogen and oxygen atoms in total. The van der Waals surface area contributed by atoms with Gasteiger partial charge in [0.2, 0.25) is 0 Å². The molecule has 1 aliphatic carbocycles. The lowest BCUT2D eigenvalue weighted by Gasteiger charge is -2.30. The van der Waals surface area contributed by atoms with E-state index >= 15 is 0 Å². The van der Waals surface area contributed by atoms with E-state index in [-0.39, 0.29) is 18.0 Å². The highest BCUT2D eigenvalue weighted by Gasteiger charge is 2.73. The van der Waals surface area contributed by atoms with Gasteiger partial charge in [0, 0.05) is 22.5 Å². The average molecular weight is 424 g/mol. The standard InChI is InChI=1S/C20H26BrNO4/c1-7-16-17(26-19(24)22(12(2)3)13(4)5)20(16,18(23)25-6)14-8-10-15(21)11-9-14/h7-13,16-17H,1H2,2-6H3/t16-,17+,20-/m1/s1. The van der Waals surface area contributed by atoms with E-state index in [1.54, 1.807) is 11.0 Å². The maximum atomic E-state index is 12.7. The maximum absolute atomic E-state index is 12.7. The molecule has 0 N–H and O–H groups in total. The second kappa shape index (κ2) is 7.82. The molecule has 1 amide bonds. The zero-order chi connectivity index (χ0) is 19.6. The third-order valence-corrected chi connectivity index (χ3v) is 5.37. The van der Waals surface area contributed by atoms with Gasteiger partial charge in [0.15, 0.2) is 0 Å². The van der Waals surface area contributed by atoms with Crippen molar-refractivity contribution < 1.29 is 19.1 Å². The molecule has 0 aromatic heterocycles. The number of carbonyl (C=O) groups is 2. The number of benzene rings is 1. The molecule has 0 bridgehead atoms. The summed E-state index contributed by atoms with van der Waals surface area (Å²) in [6, 6.07) is 7.37. The molecule has 3 atom stereocenters. The highest BCUT2D eigenvalue weighted by atomic mass is 79.9. The highest BCUT2D eigenvalue weighted by molar-refractivity contribution is 9.10. The summed E-state index contributed by atoms with van der Waals surface area (Å²) in [7, 11) is 1.34. The van der Waals surface area contributed by atoms with Crippen molar-refractivity contribution >= 4 is 28.0 Å². The van der Waals surface area contributed by atoms with Gasteiger partial charge in [0.1, 0.15) is 11.5 Å². The Hall–Kier alpha value is -1.82. The van der Waals surface area contributed by atoms with Gasteiger partial charge < -0.3 is 14.4 Å². The Balaban J connectivity index is 2.38. The van der Waals surface area contributed by atoms with Crippen LogP contribution >= 0.6 is 15.9 Å². The first kappa shape index (κ1) is 20.5. The Morgan fingerprint density at radius 3 is 2.15 bits per heavy atom. The van der Waals surface area contributed by atoms with Crippen LogP contribution < -0.4 is 0 Å². The average Bonchev–Trinajstić information content (AvgIpc) is 3.21. The van der Waals surface area contributed by atoms with Crippen molar-refractivity contribution in [2.45, 2.75) is 51.3 Å². The van der Waals surface area contributed by atoms with Crippen LogP contribution in [-0.4, -0.2) is 42.3 Å². The third-order valence-electron chi connectivity index (χ3n) is 4.84. The zero-order valence-corrected chi connectivity index (χ0v) is 17.4. The molecule has 1 aromatic carbocycles. The molecule has 1 fully saturated rings. The Kier molecular flexibility index (Phi) is 6.17. The molecule has 1 saturated carbocycles. The van der Waals surface area contributed by atoms with Crippen LogP contribution in [0.1, 0.15) is 33.3 Å². The van der Waals surface area contributed by atoms with E-state index in [0.717, 1.165) is 10.0 Å². The Labute approximate surface area is 163 Å². The number of methoxy groups -OCH3 is 1. The number of nitrogens with zero attached hydrogens (tertiary/aromatic N) is 1. The van der Waals surface area contributed by atoms with Crippen molar-refractivity contribution in [1.82, 2.24) is 4.90 Å². The van der Waals surface area contributed by atoms with Crippen molar-refractivity contribution in [2.75, 3.05) is 7.11 Å². The van der Waals surface area contributed by atoms with E-state index in [1.807, 2.05) is 52.0 Å². The fourth-order valence-corrected chi connectivity index (χ4v) is 3.93. The summed E-state index contributed by atoms with van der Waals surface area (Å²) >= 11 is 3.40. The quantitative estimate of drug-likeness (QED) is 0.505. The summed E-state index contributed by atoms with van der Waals surface area (Å²) < 4.78 is 11.7. The fourth-order valence-electron chi connectivity index (χ4n) is 3.67. The van der Waals surface area contributed by atoms with Crippen molar-refractivity contribution in [3.63, 3.8) is 0 Å². The molecule has 1 aliphatic rings. The number of esters is 1. The van der Waals surface area contributed by atoms with E-state index < -0.39 is 23.6 Å². The molecule has 0 spiro atoms. The molecule has 0 aliphatic heterocycles. The summed E-state index contributed by atoms with van der Waals surface area (Å²) in [6.07, 6.45) is 0.585. The smallest absolute Gasteiger partial charge is 0.410 e. The van der Waals surface area contributed by atoms with Crippen LogP contribution in [0.4, 0.5) is 4.79 Å². The van der Waals surface area contributed by atoms with Crippen LogP contribution in [0.25, 0.3) is 0 Å². The van der Waals surface area contributed by atoms with Crippen LogP contribution in [0, 0.1) is 5.92 Å². The normalized spacial score (nSPS) is 24.3. The second-order valence-corrected chi connectivity index (χ2v) is 7.94. The number of amides is 1. The molecule has 0 heterocycles. The van der Waals surface area contributed by atoms with Crippen LogP contribution in [0.5, 0.6) is 0 Å². The SMILES string of the molecule is C=C[C@@H]1[C@H](OC(=O)N(C(C)C)C(C)C)[C@@]1(C(=O)OC)c1ccc(Br)cc1. The predicted octanol–water partition coefficient (Wildman–Crippen LogP) is 4.30. The Morgan fingerprint density at radius 2 is 1.73 bits per heavy atom. The van der Waals surface area contributed by atoms with Crippen LogP contribution in [0.2, 0.25) is 0 Å². The third kappa shape index (κ3) is 3.39. The number of halogens is 1. The first-order chi connectivity index (χ1) is 12.2. The lowest BCUT2D eigenvalue weighted by Crippen LogP contribution is -2.43. The summed E-state index contributed by atoms with van der Waals surface area (Å²) in [5.74, 6) is -0.760. The largest absolute Gasteiger partial charge is 0.468 e. The topological polar surface area (TPSA) is 55.8 Å². The summed E-state index contributed by atoms with van der Waals surface area (Å²) in [5.41, 5.74) is -0.303. The Morgan fingerprint density at radius 1 is 1.19 bits per heavy atom. The van der Waals surface area contributed by atoms with E-state index in [9.17, 15) is 9.59 Å². The van der Waals surface area contributed by atoms with E-state index in [0.29, 0.717) is 0 Å². The van der Waals surface area contributed by atoms with Gasteiger partial charge in [-0.05, 0) is 45.4 Å². The minimum absolute atomic E-state index is 0.0105. The van der Waals surface area contributed by atoms with Gasteiger partial charge in [0.05, 0.1) is 7.11 Å². The van der Waals surface area contributed by atoms with Gasteiger partial charge in [-0.1, -0.05) is 34.1 Å². The van der Waals surface area contributed by atoms with Crippen LogP contribution in [0.3, 0.4) is 0 Å². The van der Waals surface area contributed by atoms with Crippen molar-refractivity contribution in [3.8, 4) is 0 Å². The van der Waals surface area contributed by atoms with Gasteiger partial charge in [-0.2, -0.15) is 0 Å². The molecular weight excluding hydrogens is 398 g/mol. The molecular formula is C20H26BrNO4. The molecule has 0 unspecified atom stereocenters. The molecule has 0 saturated heterocycles. The number of ether oxygens (including phenoxy) is 2. The van der Waals surface area contributed by atoms with Crippen molar-refractivity contribution in [2.24, 2.45) is 5.92 Å². The van der Waals surface area contributed by atoms with Crippen molar-refractivity contribution in [1.29, 1.82) is 0 Å². The van der Waals surface area contributed by atoms with Gasteiger partial charge >= 0.3 is 12.1 Å². The van der Waals surface area contributed by atoms with Crippen molar-refractivity contribution in [3.05, 3.63) is 47.0 Å².